The smallest absolute Gasteiger partial charge is 0.342 e. The summed E-state index contributed by atoms with van der Waals surface area (Å²) in [7, 11) is 3.18. The van der Waals surface area contributed by atoms with Crippen LogP contribution in [0.5, 0.6) is 11.5 Å². The van der Waals surface area contributed by atoms with Crippen LogP contribution in [-0.4, -0.2) is 31.7 Å². The van der Waals surface area contributed by atoms with E-state index in [-0.39, 0.29) is 12.1 Å². The van der Waals surface area contributed by atoms with Crippen LogP contribution in [0, 0.1) is 0 Å². The lowest BCUT2D eigenvalue weighted by Crippen LogP contribution is -2.00. The molecule has 1 unspecified atom stereocenters. The highest BCUT2D eigenvalue weighted by Gasteiger charge is 2.34. The van der Waals surface area contributed by atoms with E-state index in [1.807, 2.05) is 17.8 Å². The second kappa shape index (κ2) is 11.1. The van der Waals surface area contributed by atoms with Crippen molar-refractivity contribution in [1.29, 1.82) is 0 Å². The van der Waals surface area contributed by atoms with E-state index in [0.717, 1.165) is 23.5 Å². The fourth-order valence-corrected chi connectivity index (χ4v) is 4.65. The van der Waals surface area contributed by atoms with Gasteiger partial charge in [-0.3, -0.25) is 0 Å². The maximum Gasteiger partial charge on any atom is 0.342 e. The van der Waals surface area contributed by atoms with Gasteiger partial charge in [0.1, 0.15) is 23.2 Å². The highest BCUT2D eigenvalue weighted by atomic mass is 32.2. The maximum absolute atomic E-state index is 12.2. The molecule has 156 valence electrons. The standard InChI is InChI=1S/C24H30O4S/c1-26-19-16-20-21(28-24(25)23(20)22(17-19)27-2)13-15-29-14-9-4-3-6-10-18-11-7-5-8-12-18/h5,7-8,11-12,16-17,21H,3-4,6,9-10,13-15H2,1-2H3. The second-order valence-corrected chi connectivity index (χ2v) is 8.46. The van der Waals surface area contributed by atoms with Gasteiger partial charge in [0, 0.05) is 11.6 Å². The number of hydrogen-bond acceptors (Lipinski definition) is 5. The first kappa shape index (κ1) is 21.6. The summed E-state index contributed by atoms with van der Waals surface area (Å²) in [5.41, 5.74) is 2.86. The molecule has 4 nitrogen and oxygen atoms in total. The lowest BCUT2D eigenvalue weighted by molar-refractivity contribution is 0.0379. The van der Waals surface area contributed by atoms with Gasteiger partial charge < -0.3 is 14.2 Å². The Morgan fingerprint density at radius 1 is 0.966 bits per heavy atom. The van der Waals surface area contributed by atoms with E-state index >= 15 is 0 Å². The number of esters is 1. The van der Waals surface area contributed by atoms with E-state index in [9.17, 15) is 4.79 Å². The minimum Gasteiger partial charge on any atom is -0.497 e. The first-order valence-electron chi connectivity index (χ1n) is 10.3. The van der Waals surface area contributed by atoms with Crippen LogP contribution < -0.4 is 9.47 Å². The van der Waals surface area contributed by atoms with Gasteiger partial charge in [0.25, 0.3) is 0 Å². The van der Waals surface area contributed by atoms with E-state index in [0.29, 0.717) is 17.1 Å². The van der Waals surface area contributed by atoms with E-state index in [2.05, 4.69) is 30.3 Å². The Hall–Kier alpha value is -2.14. The van der Waals surface area contributed by atoms with Crippen LogP contribution in [0.3, 0.4) is 0 Å². The predicted molar refractivity (Wildman–Crippen MR) is 118 cm³/mol. The third-order valence-corrected chi connectivity index (χ3v) is 6.34. The van der Waals surface area contributed by atoms with Gasteiger partial charge in [-0.1, -0.05) is 43.2 Å². The number of carbonyl (C=O) groups excluding carboxylic acids is 1. The van der Waals surface area contributed by atoms with Crippen molar-refractivity contribution in [2.75, 3.05) is 25.7 Å². The summed E-state index contributed by atoms with van der Waals surface area (Å²) >= 11 is 1.94. The Labute approximate surface area is 177 Å². The zero-order chi connectivity index (χ0) is 20.5. The molecule has 0 N–H and O–H groups in total. The van der Waals surface area contributed by atoms with Crippen LogP contribution in [0.1, 0.15) is 59.7 Å². The van der Waals surface area contributed by atoms with Crippen molar-refractivity contribution in [3.05, 3.63) is 59.2 Å². The minimum absolute atomic E-state index is 0.208. The average Bonchev–Trinajstić information content (AvgIpc) is 3.08. The minimum atomic E-state index is -0.298. The first-order valence-corrected chi connectivity index (χ1v) is 11.5. The van der Waals surface area contributed by atoms with Crippen molar-refractivity contribution >= 4 is 17.7 Å². The molecule has 0 fully saturated rings. The van der Waals surface area contributed by atoms with Gasteiger partial charge in [-0.15, -0.1) is 0 Å². The zero-order valence-corrected chi connectivity index (χ0v) is 18.1. The van der Waals surface area contributed by atoms with E-state index in [1.165, 1.54) is 37.7 Å². The van der Waals surface area contributed by atoms with Crippen molar-refractivity contribution in [1.82, 2.24) is 0 Å². The number of benzene rings is 2. The molecule has 1 aliphatic rings. The zero-order valence-electron chi connectivity index (χ0n) is 17.3. The predicted octanol–water partition coefficient (Wildman–Crippen LogP) is 5.84. The van der Waals surface area contributed by atoms with Gasteiger partial charge in [-0.25, -0.2) is 4.79 Å². The van der Waals surface area contributed by atoms with Crippen molar-refractivity contribution in [3.8, 4) is 11.5 Å². The number of cyclic esters (lactones) is 1. The molecule has 3 rings (SSSR count). The van der Waals surface area contributed by atoms with Crippen LogP contribution in [0.25, 0.3) is 0 Å². The number of methoxy groups -OCH3 is 2. The average molecular weight is 415 g/mol. The summed E-state index contributed by atoms with van der Waals surface area (Å²) in [5.74, 6) is 3.04. The van der Waals surface area contributed by atoms with Gasteiger partial charge in [0.15, 0.2) is 0 Å². The molecule has 1 heterocycles. The fraction of sp³-hybridized carbons (Fsp3) is 0.458. The molecule has 2 aromatic carbocycles. The normalized spacial score (nSPS) is 15.1. The van der Waals surface area contributed by atoms with Crippen molar-refractivity contribution < 1.29 is 19.0 Å². The molecular formula is C24H30O4S. The van der Waals surface area contributed by atoms with E-state index in [1.54, 1.807) is 20.3 Å². The molecule has 0 amide bonds. The van der Waals surface area contributed by atoms with Crippen LogP contribution in [0.2, 0.25) is 0 Å². The number of hydrogen-bond donors (Lipinski definition) is 0. The van der Waals surface area contributed by atoms with Crippen molar-refractivity contribution in [3.63, 3.8) is 0 Å². The topological polar surface area (TPSA) is 44.8 Å². The summed E-state index contributed by atoms with van der Waals surface area (Å²) in [6.07, 6.45) is 6.83. The molecule has 0 spiro atoms. The number of thioether (sulfide) groups is 1. The SMILES string of the molecule is COc1cc(OC)c2c(c1)C(CCSCCCCCCc1ccccc1)OC2=O. The van der Waals surface area contributed by atoms with Crippen LogP contribution in [0.4, 0.5) is 0 Å². The van der Waals surface area contributed by atoms with Gasteiger partial charge in [0.05, 0.1) is 14.2 Å². The van der Waals surface area contributed by atoms with E-state index < -0.39 is 0 Å². The quantitative estimate of drug-likeness (QED) is 0.322. The van der Waals surface area contributed by atoms with Gasteiger partial charge in [-0.2, -0.15) is 11.8 Å². The summed E-state index contributed by atoms with van der Waals surface area (Å²) in [5, 5.41) is 0. The molecule has 0 aliphatic carbocycles. The van der Waals surface area contributed by atoms with Gasteiger partial charge >= 0.3 is 5.97 Å². The largest absolute Gasteiger partial charge is 0.497 e. The number of ether oxygens (including phenoxy) is 3. The number of fused-ring (bicyclic) bond motifs is 1. The summed E-state index contributed by atoms with van der Waals surface area (Å²) < 4.78 is 16.3. The molecule has 0 bridgehead atoms. The van der Waals surface area contributed by atoms with Gasteiger partial charge in [0.2, 0.25) is 0 Å². The third-order valence-electron chi connectivity index (χ3n) is 5.23. The highest BCUT2D eigenvalue weighted by Crippen LogP contribution is 2.41. The lowest BCUT2D eigenvalue weighted by atomic mass is 10.0. The summed E-state index contributed by atoms with van der Waals surface area (Å²) in [4.78, 5) is 12.2. The third kappa shape index (κ3) is 5.92. The Morgan fingerprint density at radius 2 is 1.76 bits per heavy atom. The molecule has 2 aromatic rings. The van der Waals surface area contributed by atoms with Crippen LogP contribution in [0.15, 0.2) is 42.5 Å². The number of aryl methyl sites for hydroxylation is 1. The Kier molecular flexibility index (Phi) is 8.29. The number of rotatable bonds is 12. The molecule has 5 heteroatoms. The molecule has 0 saturated heterocycles. The monoisotopic (exact) mass is 414 g/mol. The Bertz CT molecular complexity index is 791. The number of unbranched alkanes of at least 4 members (excludes halogenated alkanes) is 3. The molecular weight excluding hydrogens is 384 g/mol. The Balaban J connectivity index is 1.34. The molecule has 1 atom stereocenters. The van der Waals surface area contributed by atoms with Gasteiger partial charge in [-0.05, 0) is 48.8 Å². The molecule has 0 saturated carbocycles. The maximum atomic E-state index is 12.2. The molecule has 1 aliphatic heterocycles. The summed E-state index contributed by atoms with van der Waals surface area (Å²) in [6.45, 7) is 0. The van der Waals surface area contributed by atoms with Crippen LogP contribution >= 0.6 is 11.8 Å². The number of carbonyl (C=O) groups is 1. The Morgan fingerprint density at radius 3 is 2.52 bits per heavy atom. The van der Waals surface area contributed by atoms with Crippen molar-refractivity contribution in [2.45, 2.75) is 44.6 Å². The first-order chi connectivity index (χ1) is 14.2. The fourth-order valence-electron chi connectivity index (χ4n) is 3.65. The molecule has 0 aromatic heterocycles. The lowest BCUT2D eigenvalue weighted by Gasteiger charge is -2.12. The summed E-state index contributed by atoms with van der Waals surface area (Å²) in [6, 6.07) is 14.3. The molecule has 0 radical (unpaired) electrons. The van der Waals surface area contributed by atoms with Crippen molar-refractivity contribution in [2.24, 2.45) is 0 Å². The molecule has 29 heavy (non-hydrogen) atoms. The van der Waals surface area contributed by atoms with Crippen LogP contribution in [-0.2, 0) is 11.2 Å². The second-order valence-electron chi connectivity index (χ2n) is 7.24. The highest BCUT2D eigenvalue weighted by molar-refractivity contribution is 7.99. The van der Waals surface area contributed by atoms with E-state index in [4.69, 9.17) is 14.2 Å².